The number of allylic oxidation sites excluding steroid dienone is 3. The first-order valence-electron chi connectivity index (χ1n) is 19.4. The van der Waals surface area contributed by atoms with Crippen LogP contribution in [-0.4, -0.2) is 104 Å². The van der Waals surface area contributed by atoms with Gasteiger partial charge in [0.15, 0.2) is 23.0 Å². The van der Waals surface area contributed by atoms with E-state index < -0.39 is 12.1 Å². The third-order valence-electron chi connectivity index (χ3n) is 10.2. The summed E-state index contributed by atoms with van der Waals surface area (Å²) in [5, 5.41) is 5.41. The second-order valence-corrected chi connectivity index (χ2v) is 14.7. The van der Waals surface area contributed by atoms with Crippen LogP contribution in [-0.2, 0) is 9.59 Å². The minimum absolute atomic E-state index is 0.0474. The molecule has 0 spiro atoms. The van der Waals surface area contributed by atoms with Crippen LogP contribution in [0.15, 0.2) is 82.1 Å². The molecule has 0 aliphatic carbocycles. The summed E-state index contributed by atoms with van der Waals surface area (Å²) in [6, 6.07) is 4.87. The molecule has 58 heavy (non-hydrogen) atoms. The van der Waals surface area contributed by atoms with E-state index in [1.807, 2.05) is 45.2 Å². The van der Waals surface area contributed by atoms with E-state index in [4.69, 9.17) is 24.7 Å². The van der Waals surface area contributed by atoms with Crippen LogP contribution in [0.5, 0.6) is 23.0 Å². The lowest BCUT2D eigenvalue weighted by Gasteiger charge is -2.19. The summed E-state index contributed by atoms with van der Waals surface area (Å²) in [5.41, 5.74) is 9.63. The highest BCUT2D eigenvalue weighted by molar-refractivity contribution is 6.05. The van der Waals surface area contributed by atoms with E-state index >= 15 is 0 Å². The fraction of sp³-hybridized carbons (Fsp3) is 0.395. The standard InChI is InChI=1S/C43H51N7O8/c1-7-10-27-15-29-21-46-33-19-37(35(55-5)17-31(33)42(53)49(29)23-27)57-13-9-14-58-38-20-34-32(18-36(38)56-6)43(54)50-24-28(16-30(50)22-47-34)11-8-12-45-40(51)26(4)48-41(52)39(44)25(2)3/h7-8,10-11,17-26,29-30,39H,9,12-16,44H2,1-6H3,(H,45,51)(H,48,52)/b10-7+,11-8+/t26-,29-,30-,39-/m0/s1. The van der Waals surface area contributed by atoms with E-state index in [9.17, 15) is 19.2 Å². The summed E-state index contributed by atoms with van der Waals surface area (Å²) in [7, 11) is 3.04. The van der Waals surface area contributed by atoms with E-state index in [0.717, 1.165) is 11.1 Å². The van der Waals surface area contributed by atoms with Crippen molar-refractivity contribution in [1.29, 1.82) is 0 Å². The molecule has 4 heterocycles. The quantitative estimate of drug-likeness (QED) is 0.199. The zero-order valence-corrected chi connectivity index (χ0v) is 33.7. The zero-order chi connectivity index (χ0) is 41.5. The molecule has 0 saturated carbocycles. The van der Waals surface area contributed by atoms with Crippen LogP contribution in [0.4, 0.5) is 11.4 Å². The molecule has 0 aromatic heterocycles. The summed E-state index contributed by atoms with van der Waals surface area (Å²) in [5.74, 6) is 0.595. The Bertz CT molecular complexity index is 2120. The van der Waals surface area contributed by atoms with Crippen molar-refractivity contribution in [3.63, 3.8) is 0 Å². The SMILES string of the molecule is C/C=C/C1=CN2C(=O)c3cc(OC)c(OCCCOc4cc5c(cc4OC)C(=O)N4C=C(/C=C/CNC(=O)[C@H](C)NC(=O)[C@@H](N)C(C)C)C[C@H]4C=N5)cc3N=C[C@@H]2C1. The predicted molar refractivity (Wildman–Crippen MR) is 221 cm³/mol. The normalized spacial score (nSPS) is 19.2. The molecule has 0 saturated heterocycles. The first-order chi connectivity index (χ1) is 27.9. The maximum Gasteiger partial charge on any atom is 0.260 e. The van der Waals surface area contributed by atoms with E-state index in [1.165, 1.54) is 14.2 Å². The van der Waals surface area contributed by atoms with Gasteiger partial charge in [-0.1, -0.05) is 38.2 Å². The molecule has 2 aromatic rings. The molecule has 0 fully saturated rings. The first kappa shape index (κ1) is 41.4. The van der Waals surface area contributed by atoms with Gasteiger partial charge in [-0.25, -0.2) is 0 Å². The fourth-order valence-electron chi connectivity index (χ4n) is 6.87. The van der Waals surface area contributed by atoms with E-state index in [0.29, 0.717) is 64.8 Å². The van der Waals surface area contributed by atoms with Crippen LogP contribution >= 0.6 is 0 Å². The third-order valence-corrected chi connectivity index (χ3v) is 10.2. The van der Waals surface area contributed by atoms with Crippen molar-refractivity contribution in [3.05, 3.63) is 83.2 Å². The molecule has 4 N–H and O–H groups in total. The Labute approximate surface area is 338 Å². The Morgan fingerprint density at radius 1 is 0.810 bits per heavy atom. The van der Waals surface area contributed by atoms with Gasteiger partial charge >= 0.3 is 0 Å². The minimum atomic E-state index is -0.736. The number of carbonyl (C=O) groups is 4. The molecular formula is C43H51N7O8. The van der Waals surface area contributed by atoms with Crippen molar-refractivity contribution in [1.82, 2.24) is 20.4 Å². The summed E-state index contributed by atoms with van der Waals surface area (Å²) < 4.78 is 23.4. The lowest BCUT2D eigenvalue weighted by molar-refractivity contribution is -0.129. The molecule has 4 atom stereocenters. The van der Waals surface area contributed by atoms with Crippen molar-refractivity contribution in [2.24, 2.45) is 21.6 Å². The van der Waals surface area contributed by atoms with Crippen molar-refractivity contribution in [3.8, 4) is 23.0 Å². The summed E-state index contributed by atoms with van der Waals surface area (Å²) in [6.07, 6.45) is 16.5. The molecule has 4 aliphatic heterocycles. The van der Waals surface area contributed by atoms with Gasteiger partial charge in [0.05, 0.1) is 68.1 Å². The number of ether oxygens (including phenoxy) is 4. The van der Waals surface area contributed by atoms with Gasteiger partial charge in [0.2, 0.25) is 11.8 Å². The average Bonchev–Trinajstić information content (AvgIpc) is 3.76. The number of nitrogens with zero attached hydrogens (tertiary/aromatic N) is 4. The predicted octanol–water partition coefficient (Wildman–Crippen LogP) is 4.92. The molecule has 4 aliphatic rings. The van der Waals surface area contributed by atoms with Crippen LogP contribution in [0.2, 0.25) is 0 Å². The van der Waals surface area contributed by atoms with Gasteiger partial charge in [-0.3, -0.25) is 29.2 Å². The Morgan fingerprint density at radius 2 is 1.33 bits per heavy atom. The molecule has 0 unspecified atom stereocenters. The second-order valence-electron chi connectivity index (χ2n) is 14.7. The maximum absolute atomic E-state index is 13.7. The fourth-order valence-corrected chi connectivity index (χ4v) is 6.87. The zero-order valence-electron chi connectivity index (χ0n) is 33.7. The maximum atomic E-state index is 13.7. The molecule has 15 heteroatoms. The van der Waals surface area contributed by atoms with Crippen molar-refractivity contribution >= 4 is 47.4 Å². The van der Waals surface area contributed by atoms with Crippen molar-refractivity contribution in [2.75, 3.05) is 34.0 Å². The Hall–Kier alpha value is -6.22. The topological polar surface area (TPSA) is 186 Å². The molecule has 4 amide bonds. The highest BCUT2D eigenvalue weighted by Crippen LogP contribution is 2.40. The molecule has 306 valence electrons. The highest BCUT2D eigenvalue weighted by Gasteiger charge is 2.34. The number of benzene rings is 2. The average molecular weight is 794 g/mol. The number of methoxy groups -OCH3 is 2. The Morgan fingerprint density at radius 3 is 1.81 bits per heavy atom. The summed E-state index contributed by atoms with van der Waals surface area (Å²) >= 11 is 0. The molecule has 0 bridgehead atoms. The van der Waals surface area contributed by atoms with Crippen LogP contribution < -0.4 is 35.3 Å². The second kappa shape index (κ2) is 18.4. The van der Waals surface area contributed by atoms with Gasteiger partial charge in [0.1, 0.15) is 6.04 Å². The number of carbonyl (C=O) groups excluding carboxylic acids is 4. The van der Waals surface area contributed by atoms with Crippen LogP contribution in [0.25, 0.3) is 0 Å². The molecular weight excluding hydrogens is 743 g/mol. The molecule has 6 rings (SSSR count). The van der Waals surface area contributed by atoms with Crippen molar-refractivity contribution in [2.45, 2.75) is 71.1 Å². The lowest BCUT2D eigenvalue weighted by Crippen LogP contribution is -2.51. The number of hydrogen-bond acceptors (Lipinski definition) is 11. The van der Waals surface area contributed by atoms with Crippen molar-refractivity contribution < 1.29 is 38.1 Å². The number of rotatable bonds is 16. The van der Waals surface area contributed by atoms with Gasteiger partial charge in [0, 0.05) is 49.9 Å². The van der Waals surface area contributed by atoms with E-state index in [-0.39, 0.29) is 61.4 Å². The molecule has 0 radical (unpaired) electrons. The Kier molecular flexibility index (Phi) is 13.1. The largest absolute Gasteiger partial charge is 0.493 e. The van der Waals surface area contributed by atoms with E-state index in [2.05, 4.69) is 20.6 Å². The number of nitrogens with two attached hydrogens (primary N) is 1. The number of amides is 4. The number of nitrogens with one attached hydrogen (secondary N) is 2. The summed E-state index contributed by atoms with van der Waals surface area (Å²) in [4.78, 5) is 64.5. The number of fused-ring (bicyclic) bond motifs is 4. The Balaban J connectivity index is 1.02. The molecule has 15 nitrogen and oxygen atoms in total. The first-order valence-corrected chi connectivity index (χ1v) is 19.4. The van der Waals surface area contributed by atoms with Gasteiger partial charge in [-0.2, -0.15) is 0 Å². The van der Waals surface area contributed by atoms with Gasteiger partial charge in [0.25, 0.3) is 11.8 Å². The smallest absolute Gasteiger partial charge is 0.260 e. The summed E-state index contributed by atoms with van der Waals surface area (Å²) in [6.45, 7) is 8.04. The number of hydrogen-bond donors (Lipinski definition) is 3. The number of aliphatic imine (C=N–C) groups is 2. The van der Waals surface area contributed by atoms with E-state index in [1.54, 1.807) is 65.7 Å². The van der Waals surface area contributed by atoms with Gasteiger partial charge in [-0.05, 0) is 55.9 Å². The van der Waals surface area contributed by atoms with Crippen LogP contribution in [0, 0.1) is 5.92 Å². The minimum Gasteiger partial charge on any atom is -0.493 e. The van der Waals surface area contributed by atoms with Gasteiger partial charge in [-0.15, -0.1) is 0 Å². The van der Waals surface area contributed by atoms with Crippen LogP contribution in [0.3, 0.4) is 0 Å². The third kappa shape index (κ3) is 9.15. The van der Waals surface area contributed by atoms with Gasteiger partial charge < -0.3 is 45.1 Å². The van der Waals surface area contributed by atoms with Crippen LogP contribution in [0.1, 0.15) is 67.7 Å². The lowest BCUT2D eigenvalue weighted by atomic mass is 10.0. The molecule has 2 aromatic carbocycles. The monoisotopic (exact) mass is 793 g/mol. The highest BCUT2D eigenvalue weighted by atomic mass is 16.5.